The Morgan fingerprint density at radius 1 is 1.33 bits per heavy atom. The third kappa shape index (κ3) is 2.65. The fourth-order valence-corrected chi connectivity index (χ4v) is 2.56. The van der Waals surface area contributed by atoms with E-state index in [1.165, 1.54) is 6.07 Å². The van der Waals surface area contributed by atoms with Gasteiger partial charge in [0.25, 0.3) is 0 Å². The smallest absolute Gasteiger partial charge is 0.146 e. The van der Waals surface area contributed by atoms with Crippen LogP contribution in [-0.2, 0) is 4.74 Å². The molecule has 0 aromatic heterocycles. The van der Waals surface area contributed by atoms with Crippen molar-refractivity contribution < 1.29 is 14.2 Å². The van der Waals surface area contributed by atoms with Crippen molar-refractivity contribution in [3.63, 3.8) is 0 Å². The maximum absolute atomic E-state index is 14.1. The van der Waals surface area contributed by atoms with Gasteiger partial charge in [-0.3, -0.25) is 0 Å². The summed E-state index contributed by atoms with van der Waals surface area (Å²) < 4.78 is 19.7. The minimum Gasteiger partial charge on any atom is -0.389 e. The number of aliphatic hydroxyl groups is 1. The molecular formula is C14H20FNO2. The van der Waals surface area contributed by atoms with Gasteiger partial charge in [-0.15, -0.1) is 0 Å². The van der Waals surface area contributed by atoms with Crippen LogP contribution in [0.1, 0.15) is 32.4 Å². The third-order valence-electron chi connectivity index (χ3n) is 3.20. The van der Waals surface area contributed by atoms with Crippen molar-refractivity contribution in [3.05, 3.63) is 29.6 Å². The summed E-state index contributed by atoms with van der Waals surface area (Å²) in [5, 5.41) is 9.77. The number of rotatable bonds is 2. The molecule has 1 fully saturated rings. The van der Waals surface area contributed by atoms with Crippen LogP contribution in [0.4, 0.5) is 10.1 Å². The van der Waals surface area contributed by atoms with Crippen LogP contribution in [0.2, 0.25) is 0 Å². The molecule has 1 aromatic carbocycles. The molecule has 3 unspecified atom stereocenters. The zero-order chi connectivity index (χ0) is 13.3. The fraction of sp³-hybridized carbons (Fsp3) is 0.571. The van der Waals surface area contributed by atoms with E-state index in [1.54, 1.807) is 19.1 Å². The monoisotopic (exact) mass is 253 g/mol. The number of hydrogen-bond acceptors (Lipinski definition) is 3. The lowest BCUT2D eigenvalue weighted by molar-refractivity contribution is -0.00556. The van der Waals surface area contributed by atoms with Gasteiger partial charge < -0.3 is 14.7 Å². The van der Waals surface area contributed by atoms with Crippen molar-refractivity contribution in [1.82, 2.24) is 0 Å². The van der Waals surface area contributed by atoms with Crippen LogP contribution in [0.5, 0.6) is 0 Å². The molecule has 1 heterocycles. The minimum absolute atomic E-state index is 0.0650. The molecule has 0 radical (unpaired) electrons. The summed E-state index contributed by atoms with van der Waals surface area (Å²) in [5.74, 6) is -0.283. The van der Waals surface area contributed by atoms with Gasteiger partial charge in [0, 0.05) is 18.7 Å². The molecule has 18 heavy (non-hydrogen) atoms. The van der Waals surface area contributed by atoms with Gasteiger partial charge in [0.05, 0.1) is 24.0 Å². The standard InChI is InChI=1S/C14H20FNO2/c1-9-7-16(8-10(2)18-9)14-12(11(3)17)5-4-6-13(14)15/h4-6,9-11,17H,7-8H2,1-3H3. The molecule has 0 bridgehead atoms. The molecule has 1 aliphatic heterocycles. The first kappa shape index (κ1) is 13.3. The topological polar surface area (TPSA) is 32.7 Å². The number of benzene rings is 1. The summed E-state index contributed by atoms with van der Waals surface area (Å²) in [6, 6.07) is 4.84. The van der Waals surface area contributed by atoms with E-state index in [-0.39, 0.29) is 18.0 Å². The number of para-hydroxylation sites is 1. The zero-order valence-electron chi connectivity index (χ0n) is 11.1. The van der Waals surface area contributed by atoms with Gasteiger partial charge in [0.2, 0.25) is 0 Å². The van der Waals surface area contributed by atoms with E-state index in [4.69, 9.17) is 4.74 Å². The first-order chi connectivity index (χ1) is 8.49. The van der Waals surface area contributed by atoms with E-state index in [2.05, 4.69) is 0 Å². The summed E-state index contributed by atoms with van der Waals surface area (Å²) in [4.78, 5) is 1.97. The summed E-state index contributed by atoms with van der Waals surface area (Å²) in [6.45, 7) is 6.90. The average molecular weight is 253 g/mol. The zero-order valence-corrected chi connectivity index (χ0v) is 11.1. The summed E-state index contributed by atoms with van der Waals surface area (Å²) in [5.41, 5.74) is 1.14. The van der Waals surface area contributed by atoms with Crippen LogP contribution in [0.3, 0.4) is 0 Å². The van der Waals surface area contributed by atoms with Crippen LogP contribution in [0, 0.1) is 5.82 Å². The van der Waals surface area contributed by atoms with Crippen molar-refractivity contribution in [1.29, 1.82) is 0 Å². The Kier molecular flexibility index (Phi) is 3.88. The second kappa shape index (κ2) is 5.24. The van der Waals surface area contributed by atoms with Crippen molar-refractivity contribution >= 4 is 5.69 Å². The van der Waals surface area contributed by atoms with E-state index >= 15 is 0 Å². The molecule has 100 valence electrons. The van der Waals surface area contributed by atoms with Crippen molar-refractivity contribution in [2.24, 2.45) is 0 Å². The predicted molar refractivity (Wildman–Crippen MR) is 69.3 cm³/mol. The highest BCUT2D eigenvalue weighted by molar-refractivity contribution is 5.56. The Hall–Kier alpha value is -1.13. The maximum atomic E-state index is 14.1. The molecule has 3 atom stereocenters. The quantitative estimate of drug-likeness (QED) is 0.879. The predicted octanol–water partition coefficient (Wildman–Crippen LogP) is 2.49. The van der Waals surface area contributed by atoms with Gasteiger partial charge in [-0.25, -0.2) is 4.39 Å². The Labute approximate surface area is 107 Å². The van der Waals surface area contributed by atoms with Gasteiger partial charge in [-0.2, -0.15) is 0 Å². The minimum atomic E-state index is -0.677. The van der Waals surface area contributed by atoms with Crippen LogP contribution >= 0.6 is 0 Å². The molecule has 4 heteroatoms. The van der Waals surface area contributed by atoms with Crippen molar-refractivity contribution in [2.75, 3.05) is 18.0 Å². The maximum Gasteiger partial charge on any atom is 0.146 e. The number of ether oxygens (including phenoxy) is 1. The third-order valence-corrected chi connectivity index (χ3v) is 3.20. The van der Waals surface area contributed by atoms with Crippen molar-refractivity contribution in [3.8, 4) is 0 Å². The molecule has 1 saturated heterocycles. The lowest BCUT2D eigenvalue weighted by atomic mass is 10.1. The van der Waals surface area contributed by atoms with Crippen molar-refractivity contribution in [2.45, 2.75) is 39.1 Å². The van der Waals surface area contributed by atoms with Gasteiger partial charge in [-0.05, 0) is 26.8 Å². The lowest BCUT2D eigenvalue weighted by Crippen LogP contribution is -2.46. The second-order valence-electron chi connectivity index (χ2n) is 5.02. The highest BCUT2D eigenvalue weighted by Gasteiger charge is 2.26. The molecule has 2 rings (SSSR count). The molecule has 1 aromatic rings. The number of nitrogens with zero attached hydrogens (tertiary/aromatic N) is 1. The Balaban J connectivity index is 2.37. The summed E-state index contributed by atoms with van der Waals surface area (Å²) in [6.07, 6.45) is -0.547. The molecule has 0 saturated carbocycles. The highest BCUT2D eigenvalue weighted by Crippen LogP contribution is 2.31. The molecule has 1 N–H and O–H groups in total. The summed E-state index contributed by atoms with van der Waals surface area (Å²) >= 11 is 0. The van der Waals surface area contributed by atoms with E-state index in [0.717, 1.165) is 0 Å². The van der Waals surface area contributed by atoms with Crippen LogP contribution < -0.4 is 4.90 Å². The Morgan fingerprint density at radius 3 is 2.50 bits per heavy atom. The number of morpholine rings is 1. The molecule has 1 aliphatic rings. The SMILES string of the molecule is CC1CN(c2c(F)cccc2C(C)O)CC(C)O1. The van der Waals surface area contributed by atoms with E-state index < -0.39 is 6.10 Å². The van der Waals surface area contributed by atoms with Crippen LogP contribution in [-0.4, -0.2) is 30.4 Å². The van der Waals surface area contributed by atoms with E-state index in [9.17, 15) is 9.50 Å². The number of halogens is 1. The van der Waals surface area contributed by atoms with Gasteiger partial charge in [0.1, 0.15) is 5.82 Å². The van der Waals surface area contributed by atoms with Gasteiger partial charge in [-0.1, -0.05) is 12.1 Å². The fourth-order valence-electron chi connectivity index (χ4n) is 2.56. The molecule has 0 amide bonds. The van der Waals surface area contributed by atoms with E-state index in [1.807, 2.05) is 18.7 Å². The van der Waals surface area contributed by atoms with Crippen LogP contribution in [0.15, 0.2) is 18.2 Å². The van der Waals surface area contributed by atoms with Gasteiger partial charge >= 0.3 is 0 Å². The largest absolute Gasteiger partial charge is 0.389 e. The highest BCUT2D eigenvalue weighted by atomic mass is 19.1. The lowest BCUT2D eigenvalue weighted by Gasteiger charge is -2.38. The van der Waals surface area contributed by atoms with Crippen LogP contribution in [0.25, 0.3) is 0 Å². The molecular weight excluding hydrogens is 233 g/mol. The first-order valence-electron chi connectivity index (χ1n) is 6.36. The Bertz CT molecular complexity index is 412. The summed E-state index contributed by atoms with van der Waals surface area (Å²) in [7, 11) is 0. The second-order valence-corrected chi connectivity index (χ2v) is 5.02. The average Bonchev–Trinajstić information content (AvgIpc) is 2.26. The molecule has 0 aliphatic carbocycles. The first-order valence-corrected chi connectivity index (χ1v) is 6.36. The Morgan fingerprint density at radius 2 is 1.94 bits per heavy atom. The number of anilines is 1. The van der Waals surface area contributed by atoms with Gasteiger partial charge in [0.15, 0.2) is 0 Å². The number of hydrogen-bond donors (Lipinski definition) is 1. The molecule has 0 spiro atoms. The normalized spacial score (nSPS) is 26.2. The molecule has 3 nitrogen and oxygen atoms in total. The number of aliphatic hydroxyl groups excluding tert-OH is 1. The van der Waals surface area contributed by atoms with E-state index in [0.29, 0.717) is 24.3 Å².